The van der Waals surface area contributed by atoms with Gasteiger partial charge in [-0.3, -0.25) is 0 Å². The number of aliphatic carboxylic acids is 1. The highest BCUT2D eigenvalue weighted by molar-refractivity contribution is 7.75. The van der Waals surface area contributed by atoms with Gasteiger partial charge in [0.05, 0.1) is 30.6 Å². The van der Waals surface area contributed by atoms with Crippen LogP contribution in [0.5, 0.6) is 0 Å². The predicted molar refractivity (Wildman–Crippen MR) is 106 cm³/mol. The van der Waals surface area contributed by atoms with E-state index in [1.54, 1.807) is 24.6 Å². The summed E-state index contributed by atoms with van der Waals surface area (Å²) in [5, 5.41) is 9.49. The van der Waals surface area contributed by atoms with Crippen LogP contribution in [-0.2, 0) is 4.79 Å². The van der Waals surface area contributed by atoms with Gasteiger partial charge in [-0.2, -0.15) is 0 Å². The van der Waals surface area contributed by atoms with E-state index in [1.165, 1.54) is 58.3 Å². The summed E-state index contributed by atoms with van der Waals surface area (Å²) < 4.78 is 0. The molecule has 138 valence electrons. The lowest BCUT2D eigenvalue weighted by atomic mass is 10.4. The normalized spacial score (nSPS) is 10.8. The summed E-state index contributed by atoms with van der Waals surface area (Å²) >= 11 is 0. The van der Waals surface area contributed by atoms with Gasteiger partial charge in [-0.15, -0.1) is 0 Å². The topological polar surface area (TPSA) is 40.1 Å². The Balaban J connectivity index is 0. The summed E-state index contributed by atoms with van der Waals surface area (Å²) in [6.07, 6.45) is 17.9. The largest absolute Gasteiger partial charge is 0.545 e. The van der Waals surface area contributed by atoms with Gasteiger partial charge in [0.2, 0.25) is 0 Å². The van der Waals surface area contributed by atoms with Crippen LogP contribution in [0, 0.1) is 0 Å². The first-order valence-electron chi connectivity index (χ1n) is 9.61. The van der Waals surface area contributed by atoms with Crippen molar-refractivity contribution in [1.29, 1.82) is 0 Å². The minimum absolute atomic E-state index is 0.0648. The van der Waals surface area contributed by atoms with Crippen LogP contribution in [0.4, 0.5) is 0 Å². The van der Waals surface area contributed by atoms with Gasteiger partial charge in [-0.05, 0) is 38.2 Å². The van der Waals surface area contributed by atoms with Gasteiger partial charge in [0.15, 0.2) is 0 Å². The average molecular weight is 345 g/mol. The summed E-state index contributed by atoms with van der Waals surface area (Å²) in [5.74, 6) is -1.19. The number of rotatable bonds is 13. The number of hydrogen-bond donors (Lipinski definition) is 0. The molecule has 3 heteroatoms. The van der Waals surface area contributed by atoms with Crippen LogP contribution in [0.25, 0.3) is 0 Å². The molecule has 0 unspecified atom stereocenters. The smallest absolute Gasteiger partial charge is 0.0666 e. The highest BCUT2D eigenvalue weighted by Crippen LogP contribution is 2.61. The second kappa shape index (κ2) is 16.5. The van der Waals surface area contributed by atoms with Crippen molar-refractivity contribution in [2.24, 2.45) is 0 Å². The molecule has 0 fully saturated rings. The van der Waals surface area contributed by atoms with Crippen molar-refractivity contribution in [3.63, 3.8) is 0 Å². The lowest BCUT2D eigenvalue weighted by molar-refractivity contribution is -0.299. The summed E-state index contributed by atoms with van der Waals surface area (Å²) in [4.78, 5) is 9.49. The van der Waals surface area contributed by atoms with Crippen LogP contribution in [0.15, 0.2) is 12.2 Å². The second-order valence-electron chi connectivity index (χ2n) is 6.72. The first kappa shape index (κ1) is 24.9. The molecule has 0 aromatic carbocycles. The van der Waals surface area contributed by atoms with E-state index in [2.05, 4.69) is 34.3 Å². The Bertz CT molecular complexity index is 251. The SMILES string of the molecule is C=C(C)C(=O)[O-].CCCC[P+](CCCC)(CCCC)CCCC. The molecule has 0 atom stereocenters. The standard InChI is InChI=1S/C16H36P.C4H6O2/c1-5-9-13-17(14-10-6-2,15-11-7-3)16-12-8-4;1-3(2)4(5)6/h5-16H2,1-4H3;1H2,2H3,(H,5,6)/q+1;/p-1. The highest BCUT2D eigenvalue weighted by atomic mass is 31.2. The number of carboxylic acid groups (broad SMARTS) is 1. The van der Waals surface area contributed by atoms with Gasteiger partial charge in [0.25, 0.3) is 0 Å². The molecule has 0 aliphatic carbocycles. The van der Waals surface area contributed by atoms with Gasteiger partial charge in [-0.25, -0.2) is 0 Å². The molecule has 0 saturated heterocycles. The van der Waals surface area contributed by atoms with E-state index in [4.69, 9.17) is 0 Å². The van der Waals surface area contributed by atoms with Crippen molar-refractivity contribution >= 4 is 13.2 Å². The molecular weight excluding hydrogens is 303 g/mol. The Hall–Kier alpha value is -0.360. The maximum absolute atomic E-state index is 9.49. The van der Waals surface area contributed by atoms with E-state index in [0.717, 1.165) is 0 Å². The Morgan fingerprint density at radius 1 is 0.783 bits per heavy atom. The molecule has 0 aliphatic heterocycles. The summed E-state index contributed by atoms with van der Waals surface area (Å²) in [7, 11) is -0.562. The number of carbonyl (C=O) groups excluding carboxylic acids is 1. The molecule has 0 spiro atoms. The van der Waals surface area contributed by atoms with Gasteiger partial charge in [0, 0.05) is 7.26 Å². The third kappa shape index (κ3) is 14.9. The third-order valence-corrected chi connectivity index (χ3v) is 9.35. The van der Waals surface area contributed by atoms with Gasteiger partial charge >= 0.3 is 0 Å². The van der Waals surface area contributed by atoms with E-state index >= 15 is 0 Å². The fourth-order valence-corrected chi connectivity index (χ4v) is 7.93. The molecule has 0 aromatic rings. The quantitative estimate of drug-likeness (QED) is 0.326. The number of hydrogen-bond acceptors (Lipinski definition) is 2. The number of unbranched alkanes of at least 4 members (excludes halogenated alkanes) is 4. The number of carbonyl (C=O) groups is 1. The van der Waals surface area contributed by atoms with Crippen molar-refractivity contribution in [3.05, 3.63) is 12.2 Å². The Kier molecular flexibility index (Phi) is 17.8. The summed E-state index contributed by atoms with van der Waals surface area (Å²) in [5.41, 5.74) is 0.0648. The van der Waals surface area contributed by atoms with Crippen molar-refractivity contribution in [1.82, 2.24) is 0 Å². The van der Waals surface area contributed by atoms with Crippen LogP contribution in [0.2, 0.25) is 0 Å². The molecule has 0 aromatic heterocycles. The van der Waals surface area contributed by atoms with Crippen molar-refractivity contribution in [3.8, 4) is 0 Å². The zero-order valence-corrected chi connectivity index (χ0v) is 17.4. The summed E-state index contributed by atoms with van der Waals surface area (Å²) in [6, 6.07) is 0. The molecule has 0 rings (SSSR count). The Morgan fingerprint density at radius 3 is 1.13 bits per heavy atom. The maximum atomic E-state index is 9.49. The van der Waals surface area contributed by atoms with Crippen LogP contribution in [0.1, 0.15) is 86.0 Å². The van der Waals surface area contributed by atoms with E-state index in [0.29, 0.717) is 0 Å². The monoisotopic (exact) mass is 344 g/mol. The molecule has 0 bridgehead atoms. The molecule has 0 saturated carbocycles. The van der Waals surface area contributed by atoms with Crippen LogP contribution >= 0.6 is 7.26 Å². The first-order valence-corrected chi connectivity index (χ1v) is 12.1. The maximum Gasteiger partial charge on any atom is 0.0666 e. The van der Waals surface area contributed by atoms with Crippen LogP contribution in [0.3, 0.4) is 0 Å². The van der Waals surface area contributed by atoms with Gasteiger partial charge < -0.3 is 9.90 Å². The molecule has 0 heterocycles. The minimum atomic E-state index is -1.19. The zero-order chi connectivity index (χ0) is 18.1. The number of carboxylic acids is 1. The molecule has 0 N–H and O–H groups in total. The van der Waals surface area contributed by atoms with Crippen molar-refractivity contribution < 1.29 is 9.90 Å². The van der Waals surface area contributed by atoms with E-state index in [-0.39, 0.29) is 5.57 Å². The van der Waals surface area contributed by atoms with E-state index < -0.39 is 13.2 Å². The summed E-state index contributed by atoms with van der Waals surface area (Å²) in [6.45, 7) is 13.9. The second-order valence-corrected chi connectivity index (χ2v) is 11.2. The van der Waals surface area contributed by atoms with Crippen LogP contribution in [-0.4, -0.2) is 30.6 Å². The first-order chi connectivity index (χ1) is 10.9. The third-order valence-electron chi connectivity index (χ3n) is 4.29. The molecule has 0 radical (unpaired) electrons. The van der Waals surface area contributed by atoms with Gasteiger partial charge in [0.1, 0.15) is 0 Å². The van der Waals surface area contributed by atoms with Gasteiger partial charge in [-0.1, -0.05) is 60.0 Å². The lowest BCUT2D eigenvalue weighted by Gasteiger charge is -2.28. The van der Waals surface area contributed by atoms with Crippen LogP contribution < -0.4 is 5.11 Å². The Labute approximate surface area is 146 Å². The zero-order valence-electron chi connectivity index (χ0n) is 16.5. The molecule has 2 nitrogen and oxygen atoms in total. The predicted octanol–water partition coefficient (Wildman–Crippen LogP) is 5.52. The fraction of sp³-hybridized carbons (Fsp3) is 0.850. The molecule has 0 amide bonds. The average Bonchev–Trinajstić information content (AvgIpc) is 2.54. The van der Waals surface area contributed by atoms with E-state index in [1.807, 2.05) is 0 Å². The lowest BCUT2D eigenvalue weighted by Crippen LogP contribution is -2.22. The molecule has 0 aliphatic rings. The highest BCUT2D eigenvalue weighted by Gasteiger charge is 2.34. The Morgan fingerprint density at radius 2 is 1.00 bits per heavy atom. The minimum Gasteiger partial charge on any atom is -0.545 e. The van der Waals surface area contributed by atoms with Crippen molar-refractivity contribution in [2.45, 2.75) is 86.0 Å². The molecule has 23 heavy (non-hydrogen) atoms. The molecular formula is C20H41O2P. The van der Waals surface area contributed by atoms with Crippen molar-refractivity contribution in [2.75, 3.05) is 24.6 Å². The van der Waals surface area contributed by atoms with E-state index in [9.17, 15) is 9.90 Å². The fourth-order valence-electron chi connectivity index (χ4n) is 2.64.